The number of hydrogen-bond donors (Lipinski definition) is 2. The first-order valence-electron chi connectivity index (χ1n) is 1.65. The van der Waals surface area contributed by atoms with Gasteiger partial charge in [0.05, 0.1) is 6.61 Å². The Morgan fingerprint density at radius 2 is 1.75 bits per heavy atom. The molecule has 0 rings (SSSR count). The predicted octanol–water partition coefficient (Wildman–Crippen LogP) is 0.483. The molecule has 0 unspecified atom stereocenters. The number of hydrogen-bond acceptors (Lipinski definition) is 2. The van der Waals surface area contributed by atoms with Crippen LogP contribution in [0.15, 0.2) is 0 Å². The van der Waals surface area contributed by atoms with Crippen molar-refractivity contribution in [1.29, 1.82) is 0 Å². The highest BCUT2D eigenvalue weighted by Gasteiger charge is 1.88. The van der Waals surface area contributed by atoms with Crippen LogP contribution in [0.1, 0.15) is 0 Å². The van der Waals surface area contributed by atoms with Crippen molar-refractivity contribution in [2.75, 3.05) is 6.61 Å². The first-order chi connectivity index (χ1) is 3.68. The van der Waals surface area contributed by atoms with Crippen LogP contribution >= 0.6 is 23.2 Å². The van der Waals surface area contributed by atoms with E-state index in [1.165, 1.54) is 0 Å². The highest BCUT2D eigenvalue weighted by atomic mass is 35.5. The highest BCUT2D eigenvalue weighted by Crippen LogP contribution is 1.96. The number of carboxylic acid groups (broad SMARTS) is 1. The summed E-state index contributed by atoms with van der Waals surface area (Å²) in [6.07, 6.45) is 0. The molecule has 5 heteroatoms. The fourth-order valence-corrected chi connectivity index (χ4v) is 0. The van der Waals surface area contributed by atoms with Gasteiger partial charge in [-0.3, -0.25) is 4.79 Å². The molecule has 0 aromatic heterocycles. The topological polar surface area (TPSA) is 57.5 Å². The minimum atomic E-state index is -0.616. The van der Waals surface area contributed by atoms with Gasteiger partial charge in [-0.1, -0.05) is 0 Å². The van der Waals surface area contributed by atoms with Gasteiger partial charge in [0, 0.05) is 0 Å². The van der Waals surface area contributed by atoms with Crippen molar-refractivity contribution in [3.63, 3.8) is 0 Å². The Hall–Kier alpha value is 0.01000. The third kappa shape index (κ3) is 37.3. The summed E-state index contributed by atoms with van der Waals surface area (Å²) in [7, 11) is 0. The molecule has 0 bridgehead atoms. The Morgan fingerprint density at radius 3 is 1.75 bits per heavy atom. The van der Waals surface area contributed by atoms with Crippen molar-refractivity contribution in [2.45, 2.75) is 4.84 Å². The quantitative estimate of drug-likeness (QED) is 0.434. The molecule has 0 radical (unpaired) electrons. The number of halogens is 2. The van der Waals surface area contributed by atoms with Gasteiger partial charge in [-0.25, -0.2) is 0 Å². The van der Waals surface area contributed by atoms with Gasteiger partial charge in [0.1, 0.15) is 4.84 Å². The van der Waals surface area contributed by atoms with Gasteiger partial charge in [0.15, 0.2) is 0 Å². The van der Waals surface area contributed by atoms with E-state index in [0.717, 1.165) is 0 Å². The minimum Gasteiger partial charge on any atom is -0.483 e. The molecule has 0 spiro atoms. The molecule has 0 saturated carbocycles. The second-order valence-corrected chi connectivity index (χ2v) is 1.96. The fourth-order valence-electron chi connectivity index (χ4n) is 0. The first-order valence-corrected chi connectivity index (χ1v) is 2.53. The summed E-state index contributed by atoms with van der Waals surface area (Å²) in [5.41, 5.74) is 0. The van der Waals surface area contributed by atoms with Gasteiger partial charge in [0.2, 0.25) is 0 Å². The summed E-state index contributed by atoms with van der Waals surface area (Å²) in [5, 5.41) is 14.8. The van der Waals surface area contributed by atoms with E-state index in [1.54, 1.807) is 0 Å². The van der Waals surface area contributed by atoms with E-state index in [4.69, 9.17) is 38.2 Å². The largest absolute Gasteiger partial charge is 0.483 e. The molecule has 0 aromatic rings. The number of rotatable bonds is 1. The van der Waals surface area contributed by atoms with Crippen LogP contribution in [0.3, 0.4) is 0 Å². The van der Waals surface area contributed by atoms with Gasteiger partial charge in [-0.2, -0.15) is 0 Å². The smallest absolute Gasteiger partial charge is 0.290 e. The second kappa shape index (κ2) is 10.1. The Kier molecular flexibility index (Phi) is 13.7. The summed E-state index contributed by atoms with van der Waals surface area (Å²) in [4.78, 5) is 7.75. The molecule has 0 aliphatic heterocycles. The zero-order valence-corrected chi connectivity index (χ0v) is 5.43. The first kappa shape index (κ1) is 10.9. The molecule has 0 aliphatic rings. The van der Waals surface area contributed by atoms with Crippen LogP contribution in [-0.4, -0.2) is 28.1 Å². The van der Waals surface area contributed by atoms with Crippen molar-refractivity contribution >= 4 is 29.7 Å². The lowest BCUT2D eigenvalue weighted by atomic mass is 10.9. The average Bonchev–Trinajstić information content (AvgIpc) is 1.69. The van der Waals surface area contributed by atoms with Gasteiger partial charge in [-0.15, -0.1) is 23.2 Å². The Bertz CT molecular complexity index is 47.8. The molecule has 0 heterocycles. The fraction of sp³-hybridized carbons (Fsp3) is 0.667. The molecule has 3 nitrogen and oxygen atoms in total. The summed E-state index contributed by atoms with van der Waals surface area (Å²) in [6, 6.07) is 0. The highest BCUT2D eigenvalue weighted by molar-refractivity contribution is 6.44. The van der Waals surface area contributed by atoms with Gasteiger partial charge >= 0.3 is 0 Å². The predicted molar refractivity (Wildman–Crippen MR) is 31.3 cm³/mol. The number of aliphatic hydroxyl groups excluding tert-OH is 1. The standard InChI is InChI=1S/C2H4Cl2O.CH2O2/c3-2(4)1-5;2-1-3/h2,5H,1H2;1H,(H,2,3). The van der Waals surface area contributed by atoms with Crippen LogP contribution in [0, 0.1) is 0 Å². The number of carbonyl (C=O) groups is 1. The zero-order chi connectivity index (χ0) is 6.99. The van der Waals surface area contributed by atoms with E-state index in [-0.39, 0.29) is 13.1 Å². The Morgan fingerprint density at radius 1 is 1.62 bits per heavy atom. The SMILES string of the molecule is O=CO.OCC(Cl)Cl. The van der Waals surface area contributed by atoms with Crippen LogP contribution in [0.2, 0.25) is 0 Å². The van der Waals surface area contributed by atoms with Crippen molar-refractivity contribution in [1.82, 2.24) is 0 Å². The van der Waals surface area contributed by atoms with Crippen LogP contribution in [0.4, 0.5) is 0 Å². The molecule has 0 amide bonds. The minimum absolute atomic E-state index is 0.164. The van der Waals surface area contributed by atoms with Gasteiger partial charge in [0.25, 0.3) is 6.47 Å². The summed E-state index contributed by atoms with van der Waals surface area (Å²) in [6.45, 7) is -0.414. The van der Waals surface area contributed by atoms with E-state index < -0.39 is 4.84 Å². The maximum absolute atomic E-state index is 8.36. The molecule has 0 aromatic carbocycles. The molecular formula is C3H6Cl2O3. The van der Waals surface area contributed by atoms with E-state index in [9.17, 15) is 0 Å². The van der Waals surface area contributed by atoms with Gasteiger partial charge < -0.3 is 10.2 Å². The van der Waals surface area contributed by atoms with E-state index in [2.05, 4.69) is 0 Å². The average molecular weight is 161 g/mol. The van der Waals surface area contributed by atoms with Crippen LogP contribution in [-0.2, 0) is 4.79 Å². The molecule has 0 saturated heterocycles. The third-order valence-corrected chi connectivity index (χ3v) is 0.414. The zero-order valence-electron chi connectivity index (χ0n) is 3.92. The van der Waals surface area contributed by atoms with E-state index >= 15 is 0 Å². The van der Waals surface area contributed by atoms with E-state index in [1.807, 2.05) is 0 Å². The monoisotopic (exact) mass is 160 g/mol. The maximum atomic E-state index is 8.36. The van der Waals surface area contributed by atoms with Gasteiger partial charge in [-0.05, 0) is 0 Å². The maximum Gasteiger partial charge on any atom is 0.290 e. The molecular weight excluding hydrogens is 155 g/mol. The third-order valence-electron chi connectivity index (χ3n) is 0.138. The van der Waals surface area contributed by atoms with Crippen molar-refractivity contribution in [2.24, 2.45) is 0 Å². The summed E-state index contributed by atoms with van der Waals surface area (Å²) >= 11 is 9.96. The Balaban J connectivity index is 0. The lowest BCUT2D eigenvalue weighted by molar-refractivity contribution is -0.122. The molecule has 0 atom stereocenters. The lowest BCUT2D eigenvalue weighted by Gasteiger charge is -1.84. The van der Waals surface area contributed by atoms with Crippen molar-refractivity contribution in [3.05, 3.63) is 0 Å². The molecule has 2 N–H and O–H groups in total. The van der Waals surface area contributed by atoms with Crippen molar-refractivity contribution in [3.8, 4) is 0 Å². The normalized spacial score (nSPS) is 7.50. The summed E-state index contributed by atoms with van der Waals surface area (Å²) < 4.78 is 0. The van der Waals surface area contributed by atoms with E-state index in [0.29, 0.717) is 0 Å². The molecule has 8 heavy (non-hydrogen) atoms. The number of alkyl halides is 2. The van der Waals surface area contributed by atoms with Crippen molar-refractivity contribution < 1.29 is 15.0 Å². The Labute approximate surface area is 56.8 Å². The van der Waals surface area contributed by atoms with Crippen LogP contribution in [0.25, 0.3) is 0 Å². The molecule has 0 aliphatic carbocycles. The lowest BCUT2D eigenvalue weighted by Crippen LogP contribution is -1.90. The number of aliphatic hydroxyl groups is 1. The molecule has 0 fully saturated rings. The molecule has 50 valence electrons. The van der Waals surface area contributed by atoms with Crippen LogP contribution < -0.4 is 0 Å². The summed E-state index contributed by atoms with van der Waals surface area (Å²) in [5.74, 6) is 0. The second-order valence-electron chi connectivity index (χ2n) is 0.679. The van der Waals surface area contributed by atoms with Crippen LogP contribution in [0.5, 0.6) is 0 Å².